The number of nitrogen functional groups attached to an aromatic ring is 1. The van der Waals surface area contributed by atoms with Gasteiger partial charge in [0.15, 0.2) is 12.0 Å². The van der Waals surface area contributed by atoms with Gasteiger partial charge in [-0.1, -0.05) is 11.6 Å². The van der Waals surface area contributed by atoms with Gasteiger partial charge in [-0.15, -0.1) is 0 Å². The summed E-state index contributed by atoms with van der Waals surface area (Å²) < 4.78 is 38.0. The molecule has 1 unspecified atom stereocenters. The minimum Gasteiger partial charge on any atom is -0.481 e. The van der Waals surface area contributed by atoms with Gasteiger partial charge in [0.05, 0.1) is 26.0 Å². The van der Waals surface area contributed by atoms with Crippen molar-refractivity contribution in [2.24, 2.45) is 0 Å². The largest absolute Gasteiger partial charge is 0.481 e. The van der Waals surface area contributed by atoms with Crippen LogP contribution in [0.15, 0.2) is 18.2 Å². The van der Waals surface area contributed by atoms with E-state index in [1.54, 1.807) is 0 Å². The summed E-state index contributed by atoms with van der Waals surface area (Å²) in [6, 6.07) is 3.65. The molecule has 0 radical (unpaired) electrons. The first-order valence-corrected chi connectivity index (χ1v) is 6.20. The summed E-state index contributed by atoms with van der Waals surface area (Å²) in [5, 5.41) is -0.0215. The van der Waals surface area contributed by atoms with Crippen LogP contribution in [-0.2, 0) is 0 Å². The zero-order chi connectivity index (χ0) is 15.6. The zero-order valence-corrected chi connectivity index (χ0v) is 12.0. The average Bonchev–Trinajstić information content (AvgIpc) is 2.50. The summed E-state index contributed by atoms with van der Waals surface area (Å²) >= 11 is 5.89. The molecule has 0 amide bonds. The fraction of sp³-hybridized carbons (Fsp3) is 0.231. The van der Waals surface area contributed by atoms with E-state index < -0.39 is 12.0 Å². The van der Waals surface area contributed by atoms with Crippen molar-refractivity contribution >= 4 is 17.3 Å². The Kier molecular flexibility index (Phi) is 4.42. The molecule has 1 aromatic carbocycles. The summed E-state index contributed by atoms with van der Waals surface area (Å²) in [6.07, 6.45) is -1.92. The van der Waals surface area contributed by atoms with E-state index in [1.807, 2.05) is 0 Å². The molecule has 2 aromatic rings. The monoisotopic (exact) mass is 315 g/mol. The Morgan fingerprint density at radius 3 is 2.29 bits per heavy atom. The molecule has 0 aliphatic rings. The molecule has 21 heavy (non-hydrogen) atoms. The molecule has 0 fully saturated rings. The molecule has 0 bridgehead atoms. The Balaban J connectivity index is 2.54. The number of aromatic nitrogens is 2. The van der Waals surface area contributed by atoms with Crippen LogP contribution < -0.4 is 15.2 Å². The second-order valence-corrected chi connectivity index (χ2v) is 4.44. The van der Waals surface area contributed by atoms with Crippen molar-refractivity contribution in [3.63, 3.8) is 0 Å². The first-order chi connectivity index (χ1) is 9.97. The van der Waals surface area contributed by atoms with E-state index in [2.05, 4.69) is 9.97 Å². The fourth-order valence-corrected chi connectivity index (χ4v) is 1.97. The van der Waals surface area contributed by atoms with Crippen LogP contribution in [-0.4, -0.2) is 24.2 Å². The molecule has 2 rings (SSSR count). The van der Waals surface area contributed by atoms with Gasteiger partial charge in [-0.05, 0) is 12.1 Å². The quantitative estimate of drug-likeness (QED) is 0.878. The van der Waals surface area contributed by atoms with Crippen LogP contribution in [0.5, 0.6) is 11.8 Å². The summed E-state index contributed by atoms with van der Waals surface area (Å²) in [7, 11) is 2.73. The number of methoxy groups -OCH3 is 2. The van der Waals surface area contributed by atoms with Crippen molar-refractivity contribution in [1.29, 1.82) is 0 Å². The first-order valence-electron chi connectivity index (χ1n) is 5.82. The summed E-state index contributed by atoms with van der Waals surface area (Å²) in [4.78, 5) is 7.73. The zero-order valence-electron chi connectivity index (χ0n) is 11.2. The third-order valence-corrected chi connectivity index (χ3v) is 3.11. The summed E-state index contributed by atoms with van der Waals surface area (Å²) in [6.45, 7) is 0. The van der Waals surface area contributed by atoms with Gasteiger partial charge in [-0.3, -0.25) is 0 Å². The number of nitrogens with zero attached hydrogens (tertiary/aromatic N) is 2. The third-order valence-electron chi connectivity index (χ3n) is 2.78. The number of hydrogen-bond acceptors (Lipinski definition) is 5. The van der Waals surface area contributed by atoms with E-state index in [0.29, 0.717) is 0 Å². The lowest BCUT2D eigenvalue weighted by atomic mass is 10.1. The SMILES string of the molecule is COc1cc(OC)nc(C(F)c2c(Cl)ccc(F)c2N)n1. The molecule has 1 atom stereocenters. The lowest BCUT2D eigenvalue weighted by molar-refractivity contribution is 0.341. The minimum absolute atomic E-state index is 0.0215. The van der Waals surface area contributed by atoms with Gasteiger partial charge in [-0.2, -0.15) is 9.97 Å². The maximum Gasteiger partial charge on any atom is 0.220 e. The number of benzene rings is 1. The normalized spacial score (nSPS) is 12.0. The number of anilines is 1. The Hall–Kier alpha value is -2.15. The predicted octanol–water partition coefficient (Wildman–Crippen LogP) is 2.93. The summed E-state index contributed by atoms with van der Waals surface area (Å²) in [5.41, 5.74) is 4.93. The highest BCUT2D eigenvalue weighted by Crippen LogP contribution is 2.36. The number of ether oxygens (including phenoxy) is 2. The van der Waals surface area contributed by atoms with E-state index in [4.69, 9.17) is 26.8 Å². The molecule has 112 valence electrons. The van der Waals surface area contributed by atoms with Crippen LogP contribution in [0.25, 0.3) is 0 Å². The van der Waals surface area contributed by atoms with Crippen LogP contribution in [0.2, 0.25) is 5.02 Å². The predicted molar refractivity (Wildman–Crippen MR) is 73.9 cm³/mol. The van der Waals surface area contributed by atoms with Crippen LogP contribution >= 0.6 is 11.6 Å². The molecular formula is C13H12ClF2N3O2. The van der Waals surface area contributed by atoms with Crippen LogP contribution in [0.1, 0.15) is 17.6 Å². The van der Waals surface area contributed by atoms with Crippen molar-refractivity contribution in [3.05, 3.63) is 40.4 Å². The van der Waals surface area contributed by atoms with Crippen LogP contribution in [0, 0.1) is 5.82 Å². The van der Waals surface area contributed by atoms with Gasteiger partial charge in [-0.25, -0.2) is 8.78 Å². The number of rotatable bonds is 4. The Labute approximate surface area is 124 Å². The Morgan fingerprint density at radius 2 is 1.76 bits per heavy atom. The Morgan fingerprint density at radius 1 is 1.19 bits per heavy atom. The lowest BCUT2D eigenvalue weighted by Crippen LogP contribution is -2.08. The van der Waals surface area contributed by atoms with Gasteiger partial charge in [0.1, 0.15) is 5.82 Å². The fourth-order valence-electron chi connectivity index (χ4n) is 1.71. The highest BCUT2D eigenvalue weighted by Gasteiger charge is 2.25. The number of alkyl halides is 1. The van der Waals surface area contributed by atoms with Gasteiger partial charge in [0.2, 0.25) is 11.8 Å². The molecule has 2 N–H and O–H groups in total. The molecular weight excluding hydrogens is 304 g/mol. The molecule has 0 saturated carbocycles. The van der Waals surface area contributed by atoms with Crippen molar-refractivity contribution < 1.29 is 18.3 Å². The lowest BCUT2D eigenvalue weighted by Gasteiger charge is -2.14. The molecule has 5 nitrogen and oxygen atoms in total. The molecule has 1 heterocycles. The van der Waals surface area contributed by atoms with Crippen molar-refractivity contribution in [3.8, 4) is 11.8 Å². The van der Waals surface area contributed by atoms with E-state index in [0.717, 1.165) is 6.07 Å². The maximum absolute atomic E-state index is 14.6. The second-order valence-electron chi connectivity index (χ2n) is 4.03. The van der Waals surface area contributed by atoms with Crippen molar-refractivity contribution in [2.75, 3.05) is 20.0 Å². The molecule has 8 heteroatoms. The number of hydrogen-bond donors (Lipinski definition) is 1. The van der Waals surface area contributed by atoms with Gasteiger partial charge in [0.25, 0.3) is 0 Å². The topological polar surface area (TPSA) is 70.3 Å². The van der Waals surface area contributed by atoms with E-state index in [-0.39, 0.29) is 33.9 Å². The molecule has 0 saturated heterocycles. The number of halogens is 3. The van der Waals surface area contributed by atoms with E-state index in [1.165, 1.54) is 26.4 Å². The van der Waals surface area contributed by atoms with E-state index >= 15 is 0 Å². The Bertz CT molecular complexity index is 648. The van der Waals surface area contributed by atoms with Gasteiger partial charge >= 0.3 is 0 Å². The van der Waals surface area contributed by atoms with Crippen LogP contribution in [0.3, 0.4) is 0 Å². The standard InChI is InChI=1S/C13H12ClF2N3O2/c1-20-8-5-9(21-2)19-13(18-8)11(16)10-6(14)3-4-7(15)12(10)17/h3-5,11H,17H2,1-2H3. The molecule has 1 aromatic heterocycles. The smallest absolute Gasteiger partial charge is 0.220 e. The number of nitrogens with two attached hydrogens (primary N) is 1. The average molecular weight is 316 g/mol. The second kappa shape index (κ2) is 6.09. The van der Waals surface area contributed by atoms with Crippen molar-refractivity contribution in [1.82, 2.24) is 9.97 Å². The minimum atomic E-state index is -1.92. The molecule has 0 spiro atoms. The third kappa shape index (κ3) is 2.97. The first kappa shape index (κ1) is 15.2. The molecule has 0 aliphatic heterocycles. The highest BCUT2D eigenvalue weighted by atomic mass is 35.5. The van der Waals surface area contributed by atoms with Gasteiger partial charge < -0.3 is 15.2 Å². The molecule has 0 aliphatic carbocycles. The van der Waals surface area contributed by atoms with E-state index in [9.17, 15) is 8.78 Å². The maximum atomic E-state index is 14.6. The van der Waals surface area contributed by atoms with Crippen LogP contribution in [0.4, 0.5) is 14.5 Å². The summed E-state index contributed by atoms with van der Waals surface area (Å²) in [5.74, 6) is -0.853. The van der Waals surface area contributed by atoms with Gasteiger partial charge in [0, 0.05) is 10.6 Å². The highest BCUT2D eigenvalue weighted by molar-refractivity contribution is 6.31. The van der Waals surface area contributed by atoms with Crippen molar-refractivity contribution in [2.45, 2.75) is 6.17 Å².